The van der Waals surface area contributed by atoms with Crippen molar-refractivity contribution in [2.24, 2.45) is 0 Å². The maximum Gasteiger partial charge on any atom is 0.225 e. The Hall–Kier alpha value is -2.67. The number of phenolic OH excluding ortho intramolecular Hbond substituents is 1. The molecule has 1 fully saturated rings. The molecule has 3 rings (SSSR count). The number of benzene rings is 1. The van der Waals surface area contributed by atoms with E-state index >= 15 is 0 Å². The van der Waals surface area contributed by atoms with Crippen LogP contribution in [0, 0.1) is 0 Å². The third kappa shape index (κ3) is 6.42. The number of carbonyl (C=O) groups excluding carboxylic acids is 1. The van der Waals surface area contributed by atoms with Crippen LogP contribution >= 0.6 is 0 Å². The van der Waals surface area contributed by atoms with Crippen molar-refractivity contribution in [3.8, 4) is 11.5 Å². The van der Waals surface area contributed by atoms with E-state index in [0.717, 1.165) is 51.5 Å². The molecule has 0 bridgehead atoms. The molecule has 2 aromatic rings. The zero-order valence-electron chi connectivity index (χ0n) is 17.1. The molecule has 0 aliphatic carbocycles. The maximum atomic E-state index is 11.3. The van der Waals surface area contributed by atoms with Gasteiger partial charge >= 0.3 is 0 Å². The van der Waals surface area contributed by atoms with E-state index in [1.807, 2.05) is 6.07 Å². The van der Waals surface area contributed by atoms with Crippen LogP contribution in [-0.4, -0.2) is 65.1 Å². The Morgan fingerprint density at radius 2 is 1.79 bits per heavy atom. The van der Waals surface area contributed by atoms with Crippen LogP contribution in [0.25, 0.3) is 0 Å². The Bertz CT molecular complexity index is 777. The van der Waals surface area contributed by atoms with Crippen LogP contribution < -0.4 is 9.64 Å². The number of piperazine rings is 1. The van der Waals surface area contributed by atoms with Crippen molar-refractivity contribution in [3.63, 3.8) is 0 Å². The summed E-state index contributed by atoms with van der Waals surface area (Å²) in [5, 5.41) is 9.82. The highest BCUT2D eigenvalue weighted by atomic mass is 16.5. The van der Waals surface area contributed by atoms with Gasteiger partial charge in [0.25, 0.3) is 0 Å². The number of ketones is 1. The predicted molar refractivity (Wildman–Crippen MR) is 113 cm³/mol. The van der Waals surface area contributed by atoms with E-state index in [9.17, 15) is 9.90 Å². The van der Waals surface area contributed by atoms with Gasteiger partial charge in [-0.1, -0.05) is 12.8 Å². The number of carbonyl (C=O) groups is 1. The minimum atomic E-state index is -0.149. The quantitative estimate of drug-likeness (QED) is 0.486. The number of anilines is 1. The molecular formula is C22H30N4O3. The lowest BCUT2D eigenvalue weighted by Crippen LogP contribution is -2.47. The second-order valence-electron chi connectivity index (χ2n) is 7.38. The molecule has 1 aliphatic rings. The fraction of sp³-hybridized carbons (Fsp3) is 0.500. The van der Waals surface area contributed by atoms with Gasteiger partial charge in [0, 0.05) is 44.6 Å². The molecular weight excluding hydrogens is 368 g/mol. The number of aromatic hydroxyl groups is 1. The van der Waals surface area contributed by atoms with E-state index < -0.39 is 0 Å². The molecule has 2 heterocycles. The average Bonchev–Trinajstić information content (AvgIpc) is 2.74. The van der Waals surface area contributed by atoms with Crippen molar-refractivity contribution >= 4 is 11.7 Å². The molecule has 0 atom stereocenters. The number of aromatic nitrogens is 2. The number of hydrogen-bond acceptors (Lipinski definition) is 7. The molecule has 1 aromatic carbocycles. The minimum Gasteiger partial charge on any atom is -0.507 e. The first-order valence-corrected chi connectivity index (χ1v) is 10.3. The Morgan fingerprint density at radius 3 is 2.48 bits per heavy atom. The topological polar surface area (TPSA) is 78.8 Å². The number of rotatable bonds is 10. The third-order valence-electron chi connectivity index (χ3n) is 5.19. The zero-order valence-corrected chi connectivity index (χ0v) is 17.1. The van der Waals surface area contributed by atoms with Crippen LogP contribution in [0.3, 0.4) is 0 Å². The van der Waals surface area contributed by atoms with Crippen LogP contribution in [0.15, 0.2) is 36.7 Å². The van der Waals surface area contributed by atoms with Gasteiger partial charge in [-0.15, -0.1) is 0 Å². The van der Waals surface area contributed by atoms with E-state index in [1.54, 1.807) is 24.5 Å². The SMILES string of the molecule is CC(=O)c1ccc(OCCCCCCN2CCN(c3ncccn3)CC2)cc1O. The van der Waals surface area contributed by atoms with Gasteiger partial charge in [-0.2, -0.15) is 0 Å². The Morgan fingerprint density at radius 1 is 1.07 bits per heavy atom. The normalized spacial score (nSPS) is 14.7. The Labute approximate surface area is 172 Å². The van der Waals surface area contributed by atoms with Gasteiger partial charge in [0.15, 0.2) is 5.78 Å². The number of phenols is 1. The molecule has 29 heavy (non-hydrogen) atoms. The fourth-order valence-electron chi connectivity index (χ4n) is 3.51. The monoisotopic (exact) mass is 398 g/mol. The van der Waals surface area contributed by atoms with Crippen molar-refractivity contribution in [2.45, 2.75) is 32.6 Å². The van der Waals surface area contributed by atoms with Crippen LogP contribution in [0.2, 0.25) is 0 Å². The Balaban J connectivity index is 1.24. The standard InChI is InChI=1S/C22H30N4O3/c1-18(27)20-8-7-19(17-21(20)28)29-16-5-3-2-4-11-25-12-14-26(15-13-25)22-23-9-6-10-24-22/h6-10,17,28H,2-5,11-16H2,1H3. The summed E-state index contributed by atoms with van der Waals surface area (Å²) in [6.45, 7) is 7.26. The van der Waals surface area contributed by atoms with Crippen molar-refractivity contribution < 1.29 is 14.6 Å². The van der Waals surface area contributed by atoms with Gasteiger partial charge in [0.2, 0.25) is 5.95 Å². The fourth-order valence-corrected chi connectivity index (χ4v) is 3.51. The van der Waals surface area contributed by atoms with Crippen LogP contribution in [0.1, 0.15) is 43.0 Å². The molecule has 0 amide bonds. The third-order valence-corrected chi connectivity index (χ3v) is 5.19. The highest BCUT2D eigenvalue weighted by Gasteiger charge is 2.18. The molecule has 156 valence electrons. The lowest BCUT2D eigenvalue weighted by Gasteiger charge is -2.34. The second-order valence-corrected chi connectivity index (χ2v) is 7.38. The van der Waals surface area contributed by atoms with Crippen molar-refractivity contribution in [1.29, 1.82) is 0 Å². The van der Waals surface area contributed by atoms with Gasteiger partial charge in [0.05, 0.1) is 12.2 Å². The molecule has 1 saturated heterocycles. The maximum absolute atomic E-state index is 11.3. The lowest BCUT2D eigenvalue weighted by atomic mass is 10.1. The summed E-state index contributed by atoms with van der Waals surface area (Å²) in [4.78, 5) is 24.7. The highest BCUT2D eigenvalue weighted by Crippen LogP contribution is 2.24. The molecule has 0 saturated carbocycles. The van der Waals surface area contributed by atoms with Crippen LogP contribution in [0.5, 0.6) is 11.5 Å². The van der Waals surface area contributed by atoms with Crippen molar-refractivity contribution in [2.75, 3.05) is 44.2 Å². The summed E-state index contributed by atoms with van der Waals surface area (Å²) < 4.78 is 5.67. The summed E-state index contributed by atoms with van der Waals surface area (Å²) in [6.07, 6.45) is 8.06. The molecule has 0 spiro atoms. The predicted octanol–water partition coefficient (Wildman–Crippen LogP) is 3.15. The molecule has 0 radical (unpaired) electrons. The summed E-state index contributed by atoms with van der Waals surface area (Å²) >= 11 is 0. The van der Waals surface area contributed by atoms with Crippen molar-refractivity contribution in [1.82, 2.24) is 14.9 Å². The second kappa shape index (κ2) is 10.8. The summed E-state index contributed by atoms with van der Waals surface area (Å²) in [5.74, 6) is 1.27. The summed E-state index contributed by atoms with van der Waals surface area (Å²) in [6, 6.07) is 6.70. The number of ether oxygens (including phenoxy) is 1. The molecule has 1 aromatic heterocycles. The lowest BCUT2D eigenvalue weighted by molar-refractivity contribution is 0.101. The summed E-state index contributed by atoms with van der Waals surface area (Å²) in [5.41, 5.74) is 0.328. The molecule has 7 nitrogen and oxygen atoms in total. The van der Waals surface area contributed by atoms with Gasteiger partial charge in [0.1, 0.15) is 11.5 Å². The van der Waals surface area contributed by atoms with Gasteiger partial charge in [-0.05, 0) is 44.5 Å². The minimum absolute atomic E-state index is 0.0195. The van der Waals surface area contributed by atoms with E-state index in [4.69, 9.17) is 4.74 Å². The van der Waals surface area contributed by atoms with Crippen molar-refractivity contribution in [3.05, 3.63) is 42.2 Å². The van der Waals surface area contributed by atoms with Gasteiger partial charge in [-0.3, -0.25) is 9.69 Å². The number of unbranched alkanes of at least 4 members (excludes halogenated alkanes) is 3. The van der Waals surface area contributed by atoms with E-state index in [-0.39, 0.29) is 11.5 Å². The number of hydrogen-bond donors (Lipinski definition) is 1. The largest absolute Gasteiger partial charge is 0.507 e. The first kappa shape index (κ1) is 21.0. The Kier molecular flexibility index (Phi) is 7.81. The van der Waals surface area contributed by atoms with Crippen LogP contribution in [-0.2, 0) is 0 Å². The smallest absolute Gasteiger partial charge is 0.225 e. The van der Waals surface area contributed by atoms with E-state index in [2.05, 4.69) is 19.8 Å². The van der Waals surface area contributed by atoms with Crippen LogP contribution in [0.4, 0.5) is 5.95 Å². The molecule has 7 heteroatoms. The van der Waals surface area contributed by atoms with E-state index in [0.29, 0.717) is 17.9 Å². The zero-order chi connectivity index (χ0) is 20.5. The first-order valence-electron chi connectivity index (χ1n) is 10.3. The molecule has 0 unspecified atom stereocenters. The highest BCUT2D eigenvalue weighted by molar-refractivity contribution is 5.96. The average molecular weight is 399 g/mol. The number of Topliss-reactive ketones (excluding diaryl/α,β-unsaturated/α-hetero) is 1. The first-order chi connectivity index (χ1) is 14.1. The van der Waals surface area contributed by atoms with Gasteiger partial charge in [-0.25, -0.2) is 9.97 Å². The molecule has 1 aliphatic heterocycles. The summed E-state index contributed by atoms with van der Waals surface area (Å²) in [7, 11) is 0. The van der Waals surface area contributed by atoms with Gasteiger partial charge < -0.3 is 14.7 Å². The number of nitrogens with zero attached hydrogens (tertiary/aromatic N) is 4. The molecule has 1 N–H and O–H groups in total. The van der Waals surface area contributed by atoms with E-state index in [1.165, 1.54) is 25.8 Å².